The van der Waals surface area contributed by atoms with Crippen molar-refractivity contribution in [3.63, 3.8) is 0 Å². The van der Waals surface area contributed by atoms with Gasteiger partial charge < -0.3 is 5.32 Å². The average Bonchev–Trinajstić information content (AvgIpc) is 2.64. The van der Waals surface area contributed by atoms with Gasteiger partial charge in [0, 0.05) is 0 Å². The predicted molar refractivity (Wildman–Crippen MR) is 124 cm³/mol. The summed E-state index contributed by atoms with van der Waals surface area (Å²) in [5.74, 6) is -0.308. The topological polar surface area (TPSA) is 66.5 Å². The summed E-state index contributed by atoms with van der Waals surface area (Å²) in [6, 6.07) is 14.3. The highest BCUT2D eigenvalue weighted by atomic mass is 32.2. The molecule has 1 amide bonds. The van der Waals surface area contributed by atoms with E-state index in [1.165, 1.54) is 9.87 Å². The number of amides is 1. The second kappa shape index (κ2) is 9.21. The van der Waals surface area contributed by atoms with Gasteiger partial charge in [0.05, 0.1) is 18.0 Å². The summed E-state index contributed by atoms with van der Waals surface area (Å²) >= 11 is 0. The molecule has 0 bridgehead atoms. The zero-order chi connectivity index (χ0) is 22.7. The molecule has 1 N–H and O–H groups in total. The largest absolute Gasteiger partial charge is 0.348 e. The lowest BCUT2D eigenvalue weighted by Crippen LogP contribution is -2.49. The first-order valence-electron chi connectivity index (χ1n) is 10.3. The first kappa shape index (κ1) is 23.9. The van der Waals surface area contributed by atoms with Crippen LogP contribution in [0.2, 0.25) is 0 Å². The van der Waals surface area contributed by atoms with Crippen LogP contribution in [0.15, 0.2) is 48.5 Å². The molecule has 2 aromatic rings. The van der Waals surface area contributed by atoms with Crippen molar-refractivity contribution in [2.45, 2.75) is 65.5 Å². The molecule has 0 radical (unpaired) electrons. The maximum absolute atomic E-state index is 13.1. The van der Waals surface area contributed by atoms with Crippen molar-refractivity contribution in [3.8, 4) is 0 Å². The van der Waals surface area contributed by atoms with E-state index in [1.54, 1.807) is 18.2 Å². The van der Waals surface area contributed by atoms with E-state index in [9.17, 15) is 13.2 Å². The quantitative estimate of drug-likeness (QED) is 0.691. The van der Waals surface area contributed by atoms with Crippen LogP contribution in [-0.4, -0.2) is 26.6 Å². The Hall–Kier alpha value is -2.34. The third-order valence-corrected chi connectivity index (χ3v) is 6.40. The Labute approximate surface area is 181 Å². The number of benzene rings is 2. The lowest BCUT2D eigenvalue weighted by Gasteiger charge is -2.31. The second-order valence-corrected chi connectivity index (χ2v) is 10.8. The molecule has 0 aliphatic rings. The number of nitrogens with one attached hydrogen (secondary N) is 1. The normalized spacial score (nSPS) is 14.1. The monoisotopic (exact) mass is 430 g/mol. The van der Waals surface area contributed by atoms with Crippen LogP contribution in [0.1, 0.15) is 63.8 Å². The van der Waals surface area contributed by atoms with Gasteiger partial charge in [-0.3, -0.25) is 9.10 Å². The second-order valence-electron chi connectivity index (χ2n) is 8.92. The highest BCUT2D eigenvalue weighted by Gasteiger charge is 2.32. The fraction of sp³-hybridized carbons (Fsp3) is 0.458. The van der Waals surface area contributed by atoms with Gasteiger partial charge in [-0.1, -0.05) is 64.1 Å². The van der Waals surface area contributed by atoms with Crippen molar-refractivity contribution in [3.05, 3.63) is 65.2 Å². The van der Waals surface area contributed by atoms with Crippen molar-refractivity contribution in [1.29, 1.82) is 0 Å². The van der Waals surface area contributed by atoms with Gasteiger partial charge in [-0.25, -0.2) is 8.42 Å². The standard InChI is InChI=1S/C24H34N2O3S/c1-8-22(26(30(7,28)29)21-11-9-10-17(2)16-21)23(27)25-18(3)19-12-14-20(15-13-19)24(4,5)6/h9-16,18,22H,8H2,1-7H3,(H,25,27). The molecule has 2 unspecified atom stereocenters. The zero-order valence-electron chi connectivity index (χ0n) is 19.1. The molecule has 0 spiro atoms. The third-order valence-electron chi connectivity index (χ3n) is 5.22. The third kappa shape index (κ3) is 5.85. The van der Waals surface area contributed by atoms with Crippen LogP contribution in [0.25, 0.3) is 0 Å². The van der Waals surface area contributed by atoms with Gasteiger partial charge in [-0.05, 0) is 54.5 Å². The minimum Gasteiger partial charge on any atom is -0.348 e. The molecule has 0 heterocycles. The van der Waals surface area contributed by atoms with Crippen LogP contribution in [-0.2, 0) is 20.2 Å². The molecule has 5 nitrogen and oxygen atoms in total. The van der Waals surface area contributed by atoms with Crippen molar-refractivity contribution in [1.82, 2.24) is 5.32 Å². The van der Waals surface area contributed by atoms with E-state index in [4.69, 9.17) is 0 Å². The summed E-state index contributed by atoms with van der Waals surface area (Å²) in [5.41, 5.74) is 3.69. The van der Waals surface area contributed by atoms with Crippen molar-refractivity contribution < 1.29 is 13.2 Å². The Kier molecular flexibility index (Phi) is 7.35. The SMILES string of the molecule is CCC(C(=O)NC(C)c1ccc(C(C)(C)C)cc1)N(c1cccc(C)c1)S(C)(=O)=O. The van der Waals surface area contributed by atoms with E-state index in [2.05, 4.69) is 38.2 Å². The number of aryl methyl sites for hydroxylation is 1. The van der Waals surface area contributed by atoms with Gasteiger partial charge in [0.25, 0.3) is 0 Å². The molecule has 0 aliphatic heterocycles. The van der Waals surface area contributed by atoms with E-state index < -0.39 is 16.1 Å². The molecule has 0 aromatic heterocycles. The van der Waals surface area contributed by atoms with Gasteiger partial charge >= 0.3 is 0 Å². The number of rotatable bonds is 7. The van der Waals surface area contributed by atoms with Crippen molar-refractivity contribution >= 4 is 21.6 Å². The summed E-state index contributed by atoms with van der Waals surface area (Å²) in [6.45, 7) is 12.1. The number of carbonyl (C=O) groups excluding carboxylic acids is 1. The molecule has 30 heavy (non-hydrogen) atoms. The van der Waals surface area contributed by atoms with E-state index in [1.807, 2.05) is 39.0 Å². The maximum Gasteiger partial charge on any atom is 0.244 e. The van der Waals surface area contributed by atoms with E-state index in [0.29, 0.717) is 12.1 Å². The number of sulfonamides is 1. The first-order valence-corrected chi connectivity index (χ1v) is 12.2. The Morgan fingerprint density at radius 1 is 1.10 bits per heavy atom. The molecule has 6 heteroatoms. The highest BCUT2D eigenvalue weighted by Crippen LogP contribution is 2.26. The van der Waals surface area contributed by atoms with Crippen LogP contribution in [0.3, 0.4) is 0 Å². The van der Waals surface area contributed by atoms with E-state index in [0.717, 1.165) is 17.4 Å². The lowest BCUT2D eigenvalue weighted by molar-refractivity contribution is -0.122. The molecule has 0 saturated heterocycles. The van der Waals surface area contributed by atoms with E-state index in [-0.39, 0.29) is 17.4 Å². The van der Waals surface area contributed by atoms with Crippen LogP contribution in [0.4, 0.5) is 5.69 Å². The molecule has 0 saturated carbocycles. The van der Waals surface area contributed by atoms with Crippen LogP contribution in [0, 0.1) is 6.92 Å². The summed E-state index contributed by atoms with van der Waals surface area (Å²) in [5, 5.41) is 3.00. The van der Waals surface area contributed by atoms with Crippen LogP contribution < -0.4 is 9.62 Å². The molecule has 2 atom stereocenters. The number of carbonyl (C=O) groups is 1. The number of hydrogen-bond donors (Lipinski definition) is 1. The van der Waals surface area contributed by atoms with Gasteiger partial charge in [0.2, 0.25) is 15.9 Å². The van der Waals surface area contributed by atoms with Crippen molar-refractivity contribution in [2.24, 2.45) is 0 Å². The molecular weight excluding hydrogens is 396 g/mol. The van der Waals surface area contributed by atoms with Gasteiger partial charge in [-0.2, -0.15) is 0 Å². The molecular formula is C24H34N2O3S. The minimum atomic E-state index is -3.64. The zero-order valence-corrected chi connectivity index (χ0v) is 19.9. The summed E-state index contributed by atoms with van der Waals surface area (Å²) in [7, 11) is -3.64. The van der Waals surface area contributed by atoms with Crippen LogP contribution >= 0.6 is 0 Å². The fourth-order valence-electron chi connectivity index (χ4n) is 3.49. The lowest BCUT2D eigenvalue weighted by atomic mass is 9.86. The smallest absolute Gasteiger partial charge is 0.244 e. The van der Waals surface area contributed by atoms with Gasteiger partial charge in [-0.15, -0.1) is 0 Å². The number of nitrogens with zero attached hydrogens (tertiary/aromatic N) is 1. The van der Waals surface area contributed by atoms with Crippen molar-refractivity contribution in [2.75, 3.05) is 10.6 Å². The molecule has 2 rings (SSSR count). The van der Waals surface area contributed by atoms with Gasteiger partial charge in [0.1, 0.15) is 6.04 Å². The number of anilines is 1. The maximum atomic E-state index is 13.1. The Balaban J connectivity index is 2.27. The fourth-order valence-corrected chi connectivity index (χ4v) is 4.69. The molecule has 0 aliphatic carbocycles. The van der Waals surface area contributed by atoms with Gasteiger partial charge in [0.15, 0.2) is 0 Å². The highest BCUT2D eigenvalue weighted by molar-refractivity contribution is 7.92. The Morgan fingerprint density at radius 2 is 1.70 bits per heavy atom. The predicted octanol–water partition coefficient (Wildman–Crippen LogP) is 4.71. The first-order chi connectivity index (χ1) is 13.8. The molecule has 2 aromatic carbocycles. The summed E-state index contributed by atoms with van der Waals surface area (Å²) < 4.78 is 26.4. The molecule has 0 fully saturated rings. The average molecular weight is 431 g/mol. The minimum absolute atomic E-state index is 0.0577. The Morgan fingerprint density at radius 3 is 2.17 bits per heavy atom. The van der Waals surface area contributed by atoms with Crippen LogP contribution in [0.5, 0.6) is 0 Å². The number of hydrogen-bond acceptors (Lipinski definition) is 3. The Bertz CT molecular complexity index is 976. The van der Waals surface area contributed by atoms with E-state index >= 15 is 0 Å². The summed E-state index contributed by atoms with van der Waals surface area (Å²) in [4.78, 5) is 13.1. The summed E-state index contributed by atoms with van der Waals surface area (Å²) in [6.07, 6.45) is 1.50. The molecule has 164 valence electrons.